The molecule has 0 unspecified atom stereocenters. The van der Waals surface area contributed by atoms with E-state index >= 15 is 0 Å². The Hall–Kier alpha value is -1.45. The van der Waals surface area contributed by atoms with E-state index in [2.05, 4.69) is 15.6 Å². The third kappa shape index (κ3) is 5.55. The highest BCUT2D eigenvalue weighted by molar-refractivity contribution is 14.2. The van der Waals surface area contributed by atoms with Gasteiger partial charge in [-0.25, -0.2) is 0 Å². The van der Waals surface area contributed by atoms with E-state index < -0.39 is 39.6 Å². The van der Waals surface area contributed by atoms with Crippen LogP contribution in [-0.4, -0.2) is 29.1 Å². The smallest absolute Gasteiger partial charge is 0.337 e. The number of alkyl halides is 3. The first-order valence-electron chi connectivity index (χ1n) is 8.17. The monoisotopic (exact) mass is 539 g/mol. The molecular weight excluding hydrogens is 521 g/mol. The van der Waals surface area contributed by atoms with Crippen LogP contribution in [0.15, 0.2) is 56.4 Å². The first-order valence-corrected chi connectivity index (χ1v) is 14.0. The van der Waals surface area contributed by atoms with Crippen LogP contribution < -0.4 is 15.9 Å². The number of hydrogen-bond donors (Lipinski definition) is 2. The average molecular weight is 539 g/mol. The summed E-state index contributed by atoms with van der Waals surface area (Å²) in [5, 5.41) is 8.58. The van der Waals surface area contributed by atoms with E-state index in [1.54, 1.807) is 37.6 Å². The second kappa shape index (κ2) is 8.51. The van der Waals surface area contributed by atoms with Gasteiger partial charge in [0.2, 0.25) is 0 Å². The van der Waals surface area contributed by atoms with E-state index in [4.69, 9.17) is 0 Å². The van der Waals surface area contributed by atoms with Crippen LogP contribution in [0.4, 0.5) is 18.9 Å². The lowest BCUT2D eigenvalue weighted by molar-refractivity contribution is -0.0860. The van der Waals surface area contributed by atoms with Crippen molar-refractivity contribution in [3.63, 3.8) is 0 Å². The molecule has 3 rings (SSSR count). The van der Waals surface area contributed by atoms with Crippen molar-refractivity contribution < 1.29 is 17.7 Å². The van der Waals surface area contributed by atoms with Crippen LogP contribution in [-0.2, 0) is 11.1 Å². The third-order valence-corrected chi connectivity index (χ3v) is 8.28. The summed E-state index contributed by atoms with van der Waals surface area (Å²) in [4.78, 5) is 5.05. The summed E-state index contributed by atoms with van der Waals surface area (Å²) in [6, 6.07) is 10.8. The fourth-order valence-corrected chi connectivity index (χ4v) is 5.97. The van der Waals surface area contributed by atoms with Gasteiger partial charge in [-0.3, -0.25) is 4.99 Å². The number of hydrogen-bond acceptors (Lipinski definition) is 4. The van der Waals surface area contributed by atoms with Gasteiger partial charge in [0.05, 0.1) is 6.54 Å². The highest BCUT2D eigenvalue weighted by Gasteiger charge is 2.38. The van der Waals surface area contributed by atoms with Crippen molar-refractivity contribution in [1.29, 1.82) is 0 Å². The van der Waals surface area contributed by atoms with E-state index in [9.17, 15) is 17.7 Å². The molecule has 10 heteroatoms. The third-order valence-electron chi connectivity index (χ3n) is 3.78. The van der Waals surface area contributed by atoms with Gasteiger partial charge in [-0.1, -0.05) is 6.07 Å². The molecule has 2 N–H and O–H groups in total. The van der Waals surface area contributed by atoms with Crippen LogP contribution in [0.3, 0.4) is 0 Å². The zero-order valence-electron chi connectivity index (χ0n) is 15.0. The van der Waals surface area contributed by atoms with Crippen LogP contribution in [0.2, 0.25) is 0 Å². The fourth-order valence-electron chi connectivity index (χ4n) is 2.33. The van der Waals surface area contributed by atoms with Gasteiger partial charge in [-0.2, -0.15) is 13.2 Å². The first-order chi connectivity index (χ1) is 13.1. The van der Waals surface area contributed by atoms with Gasteiger partial charge in [0.15, 0.2) is 0 Å². The maximum atomic E-state index is 13.3. The van der Waals surface area contributed by atoms with Crippen molar-refractivity contribution in [2.45, 2.75) is 12.7 Å². The summed E-state index contributed by atoms with van der Waals surface area (Å²) in [7, 11) is -2.35. The Labute approximate surface area is 175 Å². The molecule has 0 atom stereocenters. The number of thiophene rings is 1. The van der Waals surface area contributed by atoms with E-state index in [1.165, 1.54) is 15.4 Å². The summed E-state index contributed by atoms with van der Waals surface area (Å²) in [6.45, 7) is 3.58. The molecule has 0 fully saturated rings. The average Bonchev–Trinajstić information content (AvgIpc) is 3.12. The van der Waals surface area contributed by atoms with E-state index in [1.807, 2.05) is 17.5 Å². The number of halogens is 4. The minimum atomic E-state index is -4.45. The lowest BCUT2D eigenvalue weighted by Gasteiger charge is -2.21. The Balaban J connectivity index is 1.80. The number of nitrogens with one attached hydrogen (secondary N) is 2. The molecular formula is C18H18F3IN3OPS. The molecule has 150 valence electrons. The summed E-state index contributed by atoms with van der Waals surface area (Å²) < 4.78 is 54.0. The number of benzene rings is 1. The molecule has 0 radical (unpaired) electrons. The SMILES string of the molecule is CP(C)(=O)c1ccc(NC2=IC=C(C(F)(F)F)C(=NCc3cccs3)N2)cc1. The maximum Gasteiger partial charge on any atom is 0.420 e. The van der Waals surface area contributed by atoms with Crippen molar-refractivity contribution >= 4 is 59.8 Å². The van der Waals surface area contributed by atoms with Crippen LogP contribution in [0.25, 0.3) is 0 Å². The predicted molar refractivity (Wildman–Crippen MR) is 121 cm³/mol. The van der Waals surface area contributed by atoms with Crippen LogP contribution in [0.1, 0.15) is 4.88 Å². The minimum absolute atomic E-state index is 0.169. The number of nitrogens with zero attached hydrogens (tertiary/aromatic N) is 1. The number of anilines is 1. The predicted octanol–water partition coefficient (Wildman–Crippen LogP) is 5.11. The van der Waals surface area contributed by atoms with Gasteiger partial charge in [-0.05, 0) is 73.9 Å². The highest BCUT2D eigenvalue weighted by atomic mass is 127. The molecule has 2 aromatic rings. The zero-order chi connectivity index (χ0) is 20.4. The minimum Gasteiger partial charge on any atom is -0.337 e. The van der Waals surface area contributed by atoms with E-state index in [0.717, 1.165) is 15.9 Å². The fraction of sp³-hybridized carbons (Fsp3) is 0.222. The Bertz CT molecular complexity index is 977. The molecule has 28 heavy (non-hydrogen) atoms. The van der Waals surface area contributed by atoms with Crippen molar-refractivity contribution in [2.75, 3.05) is 18.6 Å². The topological polar surface area (TPSA) is 53.5 Å². The van der Waals surface area contributed by atoms with E-state index in [0.29, 0.717) is 3.76 Å². The molecule has 0 spiro atoms. The molecule has 0 saturated carbocycles. The molecule has 1 aliphatic rings. The van der Waals surface area contributed by atoms with Crippen LogP contribution >= 0.6 is 39.2 Å². The molecule has 0 aliphatic carbocycles. The molecule has 4 nitrogen and oxygen atoms in total. The van der Waals surface area contributed by atoms with Gasteiger partial charge in [0.1, 0.15) is 22.3 Å². The maximum absolute atomic E-state index is 13.3. The molecule has 2 heterocycles. The summed E-state index contributed by atoms with van der Waals surface area (Å²) in [5.41, 5.74) is 0.0107. The Morgan fingerprint density at radius 2 is 1.93 bits per heavy atom. The summed E-state index contributed by atoms with van der Waals surface area (Å²) in [6.07, 6.45) is -4.45. The van der Waals surface area contributed by atoms with Gasteiger partial charge in [-0.15, -0.1) is 11.3 Å². The number of aliphatic imine (C=N–C) groups is 1. The number of rotatable bonds is 5. The Morgan fingerprint density at radius 3 is 2.50 bits per heavy atom. The first kappa shape index (κ1) is 21.3. The number of amidine groups is 1. The summed E-state index contributed by atoms with van der Waals surface area (Å²) in [5.74, 6) is -0.169. The summed E-state index contributed by atoms with van der Waals surface area (Å²) >= 11 is 0.434. The highest BCUT2D eigenvalue weighted by Crippen LogP contribution is 2.35. The van der Waals surface area contributed by atoms with Gasteiger partial charge >= 0.3 is 6.18 Å². The largest absolute Gasteiger partial charge is 0.420 e. The molecule has 0 saturated heterocycles. The van der Waals surface area contributed by atoms with Crippen molar-refractivity contribution in [2.24, 2.45) is 4.99 Å². The Morgan fingerprint density at radius 1 is 1.21 bits per heavy atom. The van der Waals surface area contributed by atoms with E-state index in [-0.39, 0.29) is 12.4 Å². The normalized spacial score (nSPS) is 16.7. The molecule has 1 aliphatic heterocycles. The second-order valence-electron chi connectivity index (χ2n) is 6.34. The van der Waals surface area contributed by atoms with Crippen molar-refractivity contribution in [3.05, 3.63) is 56.3 Å². The molecule has 1 aromatic carbocycles. The quantitative estimate of drug-likeness (QED) is 0.410. The molecule has 0 bridgehead atoms. The molecule has 0 amide bonds. The molecule has 1 aromatic heterocycles. The zero-order valence-corrected chi connectivity index (χ0v) is 18.9. The second-order valence-corrected chi connectivity index (χ2v) is 12.9. The van der Waals surface area contributed by atoms with Crippen molar-refractivity contribution in [3.8, 4) is 0 Å². The standard InChI is InChI=1S/C18H18F3IN3OPS/c1-27(2,26)13-7-5-12(6-8-13)24-17-22-10-15(18(19,20)21)16(25-17)23-11-14-4-3-9-28-14/h3-10H,11H2,1-2H3,(H2,23,24,25). The van der Waals surface area contributed by atoms with Crippen molar-refractivity contribution in [1.82, 2.24) is 5.32 Å². The van der Waals surface area contributed by atoms with Crippen LogP contribution in [0, 0.1) is 0 Å². The lowest BCUT2D eigenvalue weighted by Crippen LogP contribution is -2.40. The van der Waals surface area contributed by atoms with Gasteiger partial charge in [0.25, 0.3) is 0 Å². The van der Waals surface area contributed by atoms with Gasteiger partial charge in [0, 0.05) is 15.9 Å². The van der Waals surface area contributed by atoms with Crippen LogP contribution in [0.5, 0.6) is 0 Å². The Kier molecular flexibility index (Phi) is 6.46. The lowest BCUT2D eigenvalue weighted by atomic mass is 10.2. The van der Waals surface area contributed by atoms with Gasteiger partial charge < -0.3 is 15.2 Å².